The van der Waals surface area contributed by atoms with Gasteiger partial charge in [-0.25, -0.2) is 14.0 Å². The average molecular weight is 771 g/mol. The van der Waals surface area contributed by atoms with E-state index in [4.69, 9.17) is 11.6 Å². The molecule has 3 N–H and O–H groups in total. The summed E-state index contributed by atoms with van der Waals surface area (Å²) in [4.78, 5) is 26.0. The van der Waals surface area contributed by atoms with Gasteiger partial charge >= 0.3 is 0 Å². The van der Waals surface area contributed by atoms with Crippen LogP contribution in [-0.2, 0) is 11.1 Å². The van der Waals surface area contributed by atoms with Gasteiger partial charge in [0.2, 0.25) is 0 Å². The number of hydrogen-bond donors (Lipinski definition) is 3. The van der Waals surface area contributed by atoms with Gasteiger partial charge in [-0.15, -0.1) is 0 Å². The first-order valence-corrected chi connectivity index (χ1v) is 21.0. The topological polar surface area (TPSA) is 140 Å². The number of carbonyl (C=O) groups is 2. The van der Waals surface area contributed by atoms with Gasteiger partial charge < -0.3 is 10.6 Å². The van der Waals surface area contributed by atoms with Crippen molar-refractivity contribution < 1.29 is 9.59 Å². The van der Waals surface area contributed by atoms with Crippen LogP contribution in [0.15, 0.2) is 49.3 Å². The van der Waals surface area contributed by atoms with Crippen molar-refractivity contribution in [3.05, 3.63) is 65.6 Å². The Morgan fingerprint density at radius 1 is 0.655 bits per heavy atom. The lowest BCUT2D eigenvalue weighted by Gasteiger charge is -2.54. The molecule has 4 aromatic heterocycles. The standard InChI is InChI=1S/C21H29N5O.C18H26ClN3O.C3H4N2/c1-21(2,3)26-20(25-6-4-5-22-25)17(12-23-26)19(27)24-18-15-8-13-7-14(10-15)11-16(18)9-13;1-18(2,3)22-16(19)14(9-20-22)17(23)21-15-12-5-10-4-11(7-12)8-13(15)6-10;1-2-4-5-3-1/h4-6,12-16,18H,7-11H2,1-3H3,(H,24,27);9-13,15H,4-8H2,1-3H3,(H,21,23);1-3H,(H,4,5). The van der Waals surface area contributed by atoms with E-state index in [0.717, 1.165) is 29.5 Å². The summed E-state index contributed by atoms with van der Waals surface area (Å²) >= 11 is 6.41. The Hall–Kier alpha value is -3.93. The summed E-state index contributed by atoms with van der Waals surface area (Å²) in [5.41, 5.74) is 0.665. The highest BCUT2D eigenvalue weighted by Crippen LogP contribution is 2.55. The number of amides is 2. The van der Waals surface area contributed by atoms with Crippen LogP contribution in [0.3, 0.4) is 0 Å². The number of hydrogen-bond acceptors (Lipinski definition) is 6. The Morgan fingerprint density at radius 2 is 1.13 bits per heavy atom. The van der Waals surface area contributed by atoms with E-state index < -0.39 is 0 Å². The van der Waals surface area contributed by atoms with Gasteiger partial charge in [-0.1, -0.05) is 11.6 Å². The maximum atomic E-state index is 13.3. The third-order valence-corrected chi connectivity index (χ3v) is 13.8. The van der Waals surface area contributed by atoms with Crippen molar-refractivity contribution in [2.75, 3.05) is 0 Å². The second kappa shape index (κ2) is 14.9. The molecule has 12 rings (SSSR count). The molecule has 0 aliphatic heterocycles. The molecular weight excluding hydrogens is 712 g/mol. The summed E-state index contributed by atoms with van der Waals surface area (Å²) in [6.07, 6.45) is 23.6. The summed E-state index contributed by atoms with van der Waals surface area (Å²) in [5.74, 6) is 7.00. The van der Waals surface area contributed by atoms with Gasteiger partial charge in [0, 0.05) is 36.9 Å². The number of halogens is 1. The first-order chi connectivity index (χ1) is 26.2. The second-order valence-electron chi connectivity index (χ2n) is 19.5. The summed E-state index contributed by atoms with van der Waals surface area (Å²) < 4.78 is 5.37. The molecule has 4 heterocycles. The zero-order valence-corrected chi connectivity index (χ0v) is 34.0. The SMILES string of the molecule is CC(C)(C)n1ncc(C(=O)NC2C3CC4CC(C3)CC2C4)c1-n1cccn1.CC(C)(C)n1ncc(C(=O)NC2C3CC4CC(C3)CC2C4)c1Cl.c1cn[nH]c1. The van der Waals surface area contributed by atoms with E-state index in [1.165, 1.54) is 64.2 Å². The number of nitrogens with one attached hydrogen (secondary N) is 3. The van der Waals surface area contributed by atoms with Gasteiger partial charge in [-0.2, -0.15) is 20.4 Å². The highest BCUT2D eigenvalue weighted by molar-refractivity contribution is 6.32. The minimum Gasteiger partial charge on any atom is -0.349 e. The Labute approximate surface area is 329 Å². The maximum absolute atomic E-state index is 13.3. The zero-order valence-electron chi connectivity index (χ0n) is 33.3. The average Bonchev–Trinajstić information content (AvgIpc) is 3.95. The van der Waals surface area contributed by atoms with Gasteiger partial charge in [0.05, 0.1) is 29.0 Å². The molecule has 0 spiro atoms. The van der Waals surface area contributed by atoms with Crippen molar-refractivity contribution in [2.24, 2.45) is 47.3 Å². The molecule has 8 bridgehead atoms. The largest absolute Gasteiger partial charge is 0.349 e. The van der Waals surface area contributed by atoms with Crippen LogP contribution < -0.4 is 10.6 Å². The van der Waals surface area contributed by atoms with Crippen molar-refractivity contribution in [3.8, 4) is 5.82 Å². The van der Waals surface area contributed by atoms with Crippen molar-refractivity contribution in [3.63, 3.8) is 0 Å². The maximum Gasteiger partial charge on any atom is 0.256 e. The van der Waals surface area contributed by atoms with Crippen molar-refractivity contribution in [2.45, 2.75) is 129 Å². The van der Waals surface area contributed by atoms with Crippen molar-refractivity contribution in [1.29, 1.82) is 0 Å². The quantitative estimate of drug-likeness (QED) is 0.191. The lowest BCUT2D eigenvalue weighted by molar-refractivity contribution is -0.0119. The monoisotopic (exact) mass is 770 g/mol. The molecule has 12 nitrogen and oxygen atoms in total. The van der Waals surface area contributed by atoms with Gasteiger partial charge in [0.1, 0.15) is 10.7 Å². The summed E-state index contributed by atoms with van der Waals surface area (Å²) in [6.45, 7) is 12.4. The van der Waals surface area contributed by atoms with Crippen LogP contribution in [0.25, 0.3) is 5.82 Å². The van der Waals surface area contributed by atoms with E-state index in [1.807, 2.05) is 43.8 Å². The van der Waals surface area contributed by atoms with Crippen LogP contribution >= 0.6 is 11.6 Å². The number of aromatic amines is 1. The number of nitrogens with zero attached hydrogens (tertiary/aromatic N) is 7. The minimum atomic E-state index is -0.234. The highest BCUT2D eigenvalue weighted by atomic mass is 35.5. The molecule has 55 heavy (non-hydrogen) atoms. The van der Waals surface area contributed by atoms with E-state index in [0.29, 0.717) is 52.0 Å². The molecule has 8 aliphatic carbocycles. The van der Waals surface area contributed by atoms with Crippen molar-refractivity contribution in [1.82, 2.24) is 50.2 Å². The molecule has 4 aromatic rings. The molecule has 0 saturated heterocycles. The third-order valence-electron chi connectivity index (χ3n) is 13.4. The molecule has 0 unspecified atom stereocenters. The van der Waals surface area contributed by atoms with E-state index in [9.17, 15) is 9.59 Å². The van der Waals surface area contributed by atoms with Gasteiger partial charge in [-0.3, -0.25) is 14.7 Å². The van der Waals surface area contributed by atoms with Gasteiger partial charge in [-0.05, 0) is 165 Å². The zero-order chi connectivity index (χ0) is 38.6. The molecule has 8 fully saturated rings. The second-order valence-corrected chi connectivity index (χ2v) is 19.8. The minimum absolute atomic E-state index is 0.00604. The molecule has 13 heteroatoms. The molecule has 296 valence electrons. The lowest BCUT2D eigenvalue weighted by atomic mass is 9.54. The number of aromatic nitrogens is 8. The Bertz CT molecular complexity index is 1860. The lowest BCUT2D eigenvalue weighted by Crippen LogP contribution is -2.55. The van der Waals surface area contributed by atoms with Crippen LogP contribution in [0.4, 0.5) is 0 Å². The Kier molecular flexibility index (Phi) is 10.3. The van der Waals surface area contributed by atoms with Gasteiger partial charge in [0.15, 0.2) is 5.82 Å². The summed E-state index contributed by atoms with van der Waals surface area (Å²) in [5, 5.41) is 26.6. The molecular formula is C42H59ClN10O2. The van der Waals surface area contributed by atoms with Crippen LogP contribution in [0.2, 0.25) is 5.15 Å². The van der Waals surface area contributed by atoms with Crippen LogP contribution in [-0.4, -0.2) is 63.4 Å². The predicted octanol–water partition coefficient (Wildman–Crippen LogP) is 7.63. The number of rotatable bonds is 5. The van der Waals surface area contributed by atoms with Crippen LogP contribution in [0.5, 0.6) is 0 Å². The van der Waals surface area contributed by atoms with E-state index in [-0.39, 0.29) is 22.9 Å². The van der Waals surface area contributed by atoms with E-state index >= 15 is 0 Å². The fourth-order valence-corrected chi connectivity index (χ4v) is 12.0. The summed E-state index contributed by atoms with van der Waals surface area (Å²) in [7, 11) is 0. The molecule has 0 radical (unpaired) electrons. The highest BCUT2D eigenvalue weighted by Gasteiger charge is 2.50. The molecule has 8 aliphatic rings. The molecule has 0 atom stereocenters. The third kappa shape index (κ3) is 7.76. The Balaban J connectivity index is 0.000000139. The Morgan fingerprint density at radius 3 is 1.51 bits per heavy atom. The smallest absolute Gasteiger partial charge is 0.256 e. The normalized spacial score (nSPS) is 31.3. The van der Waals surface area contributed by atoms with E-state index in [2.05, 4.69) is 56.9 Å². The molecule has 0 aromatic carbocycles. The number of carbonyl (C=O) groups excluding carboxylic acids is 2. The van der Waals surface area contributed by atoms with E-state index in [1.54, 1.807) is 40.3 Å². The van der Waals surface area contributed by atoms with Gasteiger partial charge in [0.25, 0.3) is 11.8 Å². The first-order valence-electron chi connectivity index (χ1n) is 20.6. The molecule has 8 saturated carbocycles. The van der Waals surface area contributed by atoms with Crippen molar-refractivity contribution >= 4 is 23.4 Å². The first kappa shape index (κ1) is 38.0. The fraction of sp³-hybridized carbons (Fsp3) is 0.667. The van der Waals surface area contributed by atoms with Crippen LogP contribution in [0, 0.1) is 47.3 Å². The van der Waals surface area contributed by atoms with Crippen LogP contribution in [0.1, 0.15) is 126 Å². The fourth-order valence-electron chi connectivity index (χ4n) is 11.6. The summed E-state index contributed by atoms with van der Waals surface area (Å²) in [6, 6.07) is 4.37. The number of H-pyrrole nitrogens is 1. The predicted molar refractivity (Wildman–Crippen MR) is 212 cm³/mol. The molecule has 2 amide bonds.